The fourth-order valence-electron chi connectivity index (χ4n) is 1.83. The zero-order valence-electron chi connectivity index (χ0n) is 12.1. The SMILES string of the molecule is Cc1cc(C(F)(F)F)nc2nc(NCCCN(C)C)nn12. The van der Waals surface area contributed by atoms with Gasteiger partial charge in [0.05, 0.1) is 0 Å². The van der Waals surface area contributed by atoms with Crippen LogP contribution in [-0.2, 0) is 6.18 Å². The summed E-state index contributed by atoms with van der Waals surface area (Å²) in [5.74, 6) is 0.223. The summed E-state index contributed by atoms with van der Waals surface area (Å²) in [7, 11) is 3.93. The van der Waals surface area contributed by atoms with Gasteiger partial charge in [-0.3, -0.25) is 0 Å². The second-order valence-electron chi connectivity index (χ2n) is 5.01. The first kappa shape index (κ1) is 15.5. The van der Waals surface area contributed by atoms with Crippen LogP contribution in [-0.4, -0.2) is 51.7 Å². The second kappa shape index (κ2) is 5.84. The molecule has 2 aromatic heterocycles. The Balaban J connectivity index is 2.16. The molecule has 0 aliphatic heterocycles. The van der Waals surface area contributed by atoms with Crippen molar-refractivity contribution in [1.29, 1.82) is 0 Å². The molecule has 0 aliphatic rings. The number of hydrogen-bond donors (Lipinski definition) is 1. The van der Waals surface area contributed by atoms with Crippen molar-refractivity contribution < 1.29 is 13.2 Å². The van der Waals surface area contributed by atoms with Crippen LogP contribution in [0.2, 0.25) is 0 Å². The Morgan fingerprint density at radius 3 is 2.62 bits per heavy atom. The minimum Gasteiger partial charge on any atom is -0.353 e. The summed E-state index contributed by atoms with van der Waals surface area (Å²) in [6.45, 7) is 3.07. The molecule has 116 valence electrons. The van der Waals surface area contributed by atoms with E-state index in [9.17, 15) is 13.2 Å². The summed E-state index contributed by atoms with van der Waals surface area (Å²) in [4.78, 5) is 9.52. The van der Waals surface area contributed by atoms with E-state index in [2.05, 4.69) is 20.4 Å². The van der Waals surface area contributed by atoms with Crippen molar-refractivity contribution in [2.75, 3.05) is 32.5 Å². The first-order valence-electron chi connectivity index (χ1n) is 6.47. The van der Waals surface area contributed by atoms with E-state index in [1.807, 2.05) is 19.0 Å². The molecule has 2 aromatic rings. The molecule has 0 saturated carbocycles. The normalized spacial score (nSPS) is 12.3. The zero-order chi connectivity index (χ0) is 15.6. The number of nitrogens with one attached hydrogen (secondary N) is 1. The fraction of sp³-hybridized carbons (Fsp3) is 0.583. The summed E-state index contributed by atoms with van der Waals surface area (Å²) in [5, 5.41) is 7.09. The Hall–Kier alpha value is -1.90. The molecule has 0 bridgehead atoms. The molecule has 9 heteroatoms. The zero-order valence-corrected chi connectivity index (χ0v) is 12.1. The van der Waals surface area contributed by atoms with Gasteiger partial charge in [0.25, 0.3) is 5.78 Å². The molecule has 0 unspecified atom stereocenters. The average molecular weight is 302 g/mol. The quantitative estimate of drug-likeness (QED) is 0.854. The third kappa shape index (κ3) is 3.81. The van der Waals surface area contributed by atoms with Crippen molar-refractivity contribution in [3.05, 3.63) is 17.5 Å². The Bertz CT molecular complexity index is 619. The largest absolute Gasteiger partial charge is 0.433 e. The van der Waals surface area contributed by atoms with Gasteiger partial charge < -0.3 is 10.2 Å². The van der Waals surface area contributed by atoms with Crippen LogP contribution in [0.25, 0.3) is 5.78 Å². The molecular weight excluding hydrogens is 285 g/mol. The van der Waals surface area contributed by atoms with Gasteiger partial charge in [-0.05, 0) is 40.1 Å². The Kier molecular flexibility index (Phi) is 4.31. The van der Waals surface area contributed by atoms with Crippen LogP contribution in [0, 0.1) is 6.92 Å². The highest BCUT2D eigenvalue weighted by molar-refractivity contribution is 5.39. The molecule has 21 heavy (non-hydrogen) atoms. The maximum absolute atomic E-state index is 12.7. The van der Waals surface area contributed by atoms with Gasteiger partial charge in [0.1, 0.15) is 5.69 Å². The molecule has 6 nitrogen and oxygen atoms in total. The third-order valence-corrected chi connectivity index (χ3v) is 2.85. The van der Waals surface area contributed by atoms with Gasteiger partial charge in [0.15, 0.2) is 0 Å². The predicted octanol–water partition coefficient (Wildman–Crippen LogP) is 1.82. The minimum absolute atomic E-state index is 0.0579. The number of aryl methyl sites for hydroxylation is 1. The Labute approximate surface area is 120 Å². The van der Waals surface area contributed by atoms with Crippen molar-refractivity contribution in [2.24, 2.45) is 0 Å². The Morgan fingerprint density at radius 1 is 1.29 bits per heavy atom. The van der Waals surface area contributed by atoms with Gasteiger partial charge in [-0.1, -0.05) is 0 Å². The molecule has 2 rings (SSSR count). The standard InChI is InChI=1S/C12H17F3N6/c1-8-7-9(12(13,14)15)17-11-18-10(19-21(8)11)16-5-4-6-20(2)3/h7H,4-6H2,1-3H3,(H,16,19). The summed E-state index contributed by atoms with van der Waals surface area (Å²) >= 11 is 0. The highest BCUT2D eigenvalue weighted by Crippen LogP contribution is 2.28. The smallest absolute Gasteiger partial charge is 0.353 e. The van der Waals surface area contributed by atoms with Crippen LogP contribution < -0.4 is 5.32 Å². The lowest BCUT2D eigenvalue weighted by atomic mass is 10.3. The van der Waals surface area contributed by atoms with Crippen molar-refractivity contribution >= 4 is 11.7 Å². The molecule has 2 heterocycles. The number of nitrogens with zero attached hydrogens (tertiary/aromatic N) is 5. The monoisotopic (exact) mass is 302 g/mol. The number of hydrogen-bond acceptors (Lipinski definition) is 5. The lowest BCUT2D eigenvalue weighted by Gasteiger charge is -2.08. The third-order valence-electron chi connectivity index (χ3n) is 2.85. The van der Waals surface area contributed by atoms with E-state index in [1.165, 1.54) is 11.4 Å². The highest BCUT2D eigenvalue weighted by atomic mass is 19.4. The van der Waals surface area contributed by atoms with Crippen molar-refractivity contribution in [2.45, 2.75) is 19.5 Å². The first-order valence-corrected chi connectivity index (χ1v) is 6.47. The maximum Gasteiger partial charge on any atom is 0.433 e. The average Bonchev–Trinajstić information content (AvgIpc) is 2.77. The number of aromatic nitrogens is 4. The van der Waals surface area contributed by atoms with Crippen LogP contribution in [0.1, 0.15) is 17.8 Å². The summed E-state index contributed by atoms with van der Waals surface area (Å²) in [5.41, 5.74) is -0.625. The molecule has 0 aliphatic carbocycles. The van der Waals surface area contributed by atoms with Crippen LogP contribution in [0.4, 0.5) is 19.1 Å². The van der Waals surface area contributed by atoms with E-state index < -0.39 is 11.9 Å². The van der Waals surface area contributed by atoms with Gasteiger partial charge >= 0.3 is 6.18 Å². The van der Waals surface area contributed by atoms with E-state index >= 15 is 0 Å². The lowest BCUT2D eigenvalue weighted by Crippen LogP contribution is -2.16. The van der Waals surface area contributed by atoms with E-state index in [-0.39, 0.29) is 11.7 Å². The van der Waals surface area contributed by atoms with Gasteiger partial charge in [-0.15, -0.1) is 5.10 Å². The van der Waals surface area contributed by atoms with Crippen molar-refractivity contribution in [1.82, 2.24) is 24.5 Å². The lowest BCUT2D eigenvalue weighted by molar-refractivity contribution is -0.141. The molecule has 1 N–H and O–H groups in total. The Morgan fingerprint density at radius 2 is 2.00 bits per heavy atom. The van der Waals surface area contributed by atoms with E-state index in [0.29, 0.717) is 12.2 Å². The first-order chi connectivity index (χ1) is 9.77. The maximum atomic E-state index is 12.7. The molecule has 0 amide bonds. The summed E-state index contributed by atoms with van der Waals surface area (Å²) < 4.78 is 39.4. The van der Waals surface area contributed by atoms with E-state index in [4.69, 9.17) is 0 Å². The molecule has 0 saturated heterocycles. The van der Waals surface area contributed by atoms with E-state index in [0.717, 1.165) is 19.0 Å². The molecule has 0 radical (unpaired) electrons. The molecule has 0 atom stereocenters. The molecule has 0 aromatic carbocycles. The van der Waals surface area contributed by atoms with Gasteiger partial charge in [0, 0.05) is 12.2 Å². The summed E-state index contributed by atoms with van der Waals surface area (Å²) in [6, 6.07) is 0.956. The number of anilines is 1. The van der Waals surface area contributed by atoms with Gasteiger partial charge in [-0.2, -0.15) is 22.7 Å². The topological polar surface area (TPSA) is 58.4 Å². The van der Waals surface area contributed by atoms with E-state index in [1.54, 1.807) is 0 Å². The van der Waals surface area contributed by atoms with Gasteiger partial charge in [-0.25, -0.2) is 4.98 Å². The van der Waals surface area contributed by atoms with Crippen molar-refractivity contribution in [3.63, 3.8) is 0 Å². The molecule has 0 spiro atoms. The van der Waals surface area contributed by atoms with Crippen molar-refractivity contribution in [3.8, 4) is 0 Å². The number of alkyl halides is 3. The number of rotatable bonds is 5. The fourth-order valence-corrected chi connectivity index (χ4v) is 1.83. The van der Waals surface area contributed by atoms with Crippen LogP contribution in [0.5, 0.6) is 0 Å². The van der Waals surface area contributed by atoms with Crippen LogP contribution in [0.3, 0.4) is 0 Å². The minimum atomic E-state index is -4.49. The predicted molar refractivity (Wildman–Crippen MR) is 72.2 cm³/mol. The van der Waals surface area contributed by atoms with Crippen LogP contribution >= 0.6 is 0 Å². The summed E-state index contributed by atoms with van der Waals surface area (Å²) in [6.07, 6.45) is -3.61. The van der Waals surface area contributed by atoms with Gasteiger partial charge in [0.2, 0.25) is 5.95 Å². The molecule has 0 fully saturated rings. The number of fused-ring (bicyclic) bond motifs is 1. The second-order valence-corrected chi connectivity index (χ2v) is 5.01. The van der Waals surface area contributed by atoms with Crippen LogP contribution in [0.15, 0.2) is 6.07 Å². The number of halogens is 3. The molecular formula is C12H17F3N6. The highest BCUT2D eigenvalue weighted by Gasteiger charge is 2.33.